The predicted octanol–water partition coefficient (Wildman–Crippen LogP) is 3.28. The number of pyridine rings is 1. The lowest BCUT2D eigenvalue weighted by Crippen LogP contribution is -2.16. The number of benzene rings is 1. The maximum absolute atomic E-state index is 13.2. The zero-order chi connectivity index (χ0) is 13.2. The smallest absolute Gasteiger partial charge is 0.134 e. The monoisotopic (exact) mass is 256 g/mol. The summed E-state index contributed by atoms with van der Waals surface area (Å²) in [5.74, 6) is 0.499. The molecule has 0 fully saturated rings. The maximum Gasteiger partial charge on any atom is 0.134 e. The molecule has 2 heterocycles. The van der Waals surface area contributed by atoms with Crippen molar-refractivity contribution in [1.29, 1.82) is 0 Å². The van der Waals surface area contributed by atoms with E-state index in [1.165, 1.54) is 12.1 Å². The van der Waals surface area contributed by atoms with Crippen LogP contribution in [0, 0.1) is 5.82 Å². The van der Waals surface area contributed by atoms with Gasteiger partial charge in [-0.2, -0.15) is 0 Å². The molecule has 0 saturated carbocycles. The molecule has 0 bridgehead atoms. The van der Waals surface area contributed by atoms with Gasteiger partial charge in [0, 0.05) is 17.8 Å². The summed E-state index contributed by atoms with van der Waals surface area (Å²) in [5.41, 5.74) is 1.74. The molecule has 1 aromatic carbocycles. The van der Waals surface area contributed by atoms with Crippen molar-refractivity contribution < 1.29 is 8.81 Å². The summed E-state index contributed by atoms with van der Waals surface area (Å²) >= 11 is 0. The van der Waals surface area contributed by atoms with Crippen molar-refractivity contribution in [1.82, 2.24) is 10.3 Å². The van der Waals surface area contributed by atoms with Gasteiger partial charge in [0.2, 0.25) is 0 Å². The highest BCUT2D eigenvalue weighted by Gasteiger charge is 2.16. The molecule has 4 heteroatoms. The highest BCUT2D eigenvalue weighted by Crippen LogP contribution is 2.28. The van der Waals surface area contributed by atoms with Crippen LogP contribution in [0.3, 0.4) is 0 Å². The van der Waals surface area contributed by atoms with Gasteiger partial charge in [-0.25, -0.2) is 4.39 Å². The Morgan fingerprint density at radius 2 is 1.95 bits per heavy atom. The number of hydrogen-bond donors (Lipinski definition) is 1. The second kappa shape index (κ2) is 4.82. The van der Waals surface area contributed by atoms with E-state index in [1.807, 2.05) is 25.2 Å². The first-order valence-electron chi connectivity index (χ1n) is 6.04. The zero-order valence-electron chi connectivity index (χ0n) is 10.4. The maximum atomic E-state index is 13.2. The highest BCUT2D eigenvalue weighted by atomic mass is 19.1. The fourth-order valence-corrected chi connectivity index (χ4v) is 2.21. The van der Waals surface area contributed by atoms with E-state index in [-0.39, 0.29) is 11.9 Å². The van der Waals surface area contributed by atoms with Gasteiger partial charge < -0.3 is 9.73 Å². The average Bonchev–Trinajstić information content (AvgIpc) is 2.83. The first-order chi connectivity index (χ1) is 9.28. The fourth-order valence-electron chi connectivity index (χ4n) is 2.21. The Balaban J connectivity index is 2.07. The molecule has 2 aromatic heterocycles. The molecule has 19 heavy (non-hydrogen) atoms. The topological polar surface area (TPSA) is 38.1 Å². The lowest BCUT2D eigenvalue weighted by atomic mass is 10.1. The summed E-state index contributed by atoms with van der Waals surface area (Å²) in [7, 11) is 1.86. The van der Waals surface area contributed by atoms with Crippen LogP contribution in [0.5, 0.6) is 0 Å². The minimum Gasteiger partial charge on any atom is -0.459 e. The van der Waals surface area contributed by atoms with Gasteiger partial charge >= 0.3 is 0 Å². The minimum absolute atomic E-state index is 0.0709. The van der Waals surface area contributed by atoms with Crippen molar-refractivity contribution >= 4 is 11.0 Å². The second-order valence-electron chi connectivity index (χ2n) is 4.33. The Morgan fingerprint density at radius 3 is 2.68 bits per heavy atom. The van der Waals surface area contributed by atoms with E-state index in [2.05, 4.69) is 10.3 Å². The van der Waals surface area contributed by atoms with E-state index in [9.17, 15) is 4.39 Å². The molecule has 3 aromatic rings. The Labute approximate surface area is 110 Å². The van der Waals surface area contributed by atoms with Gasteiger partial charge in [-0.3, -0.25) is 4.98 Å². The van der Waals surface area contributed by atoms with Crippen LogP contribution in [0.4, 0.5) is 4.39 Å². The van der Waals surface area contributed by atoms with Crippen molar-refractivity contribution in [2.24, 2.45) is 0 Å². The lowest BCUT2D eigenvalue weighted by Gasteiger charge is -2.13. The van der Waals surface area contributed by atoms with Crippen molar-refractivity contribution in [2.75, 3.05) is 7.05 Å². The predicted molar refractivity (Wildman–Crippen MR) is 71.3 cm³/mol. The zero-order valence-corrected chi connectivity index (χ0v) is 10.4. The van der Waals surface area contributed by atoms with Crippen LogP contribution in [-0.2, 0) is 0 Å². The number of nitrogens with zero attached hydrogens (tertiary/aromatic N) is 1. The van der Waals surface area contributed by atoms with Crippen molar-refractivity contribution in [3.8, 4) is 0 Å². The van der Waals surface area contributed by atoms with E-state index >= 15 is 0 Å². The van der Waals surface area contributed by atoms with E-state index in [0.29, 0.717) is 5.58 Å². The molecule has 0 aliphatic heterocycles. The first kappa shape index (κ1) is 11.9. The Morgan fingerprint density at radius 1 is 1.16 bits per heavy atom. The molecular formula is C15H13FN2O. The summed E-state index contributed by atoms with van der Waals surface area (Å²) in [6, 6.07) is 10.2. The third kappa shape index (κ3) is 2.22. The van der Waals surface area contributed by atoms with Gasteiger partial charge in [0.15, 0.2) is 0 Å². The third-order valence-electron chi connectivity index (χ3n) is 3.11. The Bertz CT molecular complexity index is 694. The molecule has 1 unspecified atom stereocenters. The van der Waals surface area contributed by atoms with Crippen molar-refractivity contribution in [2.45, 2.75) is 6.04 Å². The van der Waals surface area contributed by atoms with Crippen LogP contribution in [-0.4, -0.2) is 12.0 Å². The quantitative estimate of drug-likeness (QED) is 0.781. The first-order valence-corrected chi connectivity index (χ1v) is 6.04. The summed E-state index contributed by atoms with van der Waals surface area (Å²) in [6.45, 7) is 0. The average molecular weight is 256 g/mol. The summed E-state index contributed by atoms with van der Waals surface area (Å²) in [5, 5.41) is 3.96. The third-order valence-corrected chi connectivity index (χ3v) is 3.11. The Kier molecular flexibility index (Phi) is 3.01. The van der Waals surface area contributed by atoms with E-state index in [0.717, 1.165) is 16.7 Å². The Hall–Kier alpha value is -2.20. The molecule has 1 atom stereocenters. The summed E-state index contributed by atoms with van der Waals surface area (Å²) in [4.78, 5) is 4.00. The molecule has 0 saturated heterocycles. The van der Waals surface area contributed by atoms with Crippen LogP contribution in [0.25, 0.3) is 11.0 Å². The molecule has 0 amide bonds. The van der Waals surface area contributed by atoms with Crippen molar-refractivity contribution in [3.63, 3.8) is 0 Å². The largest absolute Gasteiger partial charge is 0.459 e. The summed E-state index contributed by atoms with van der Waals surface area (Å²) in [6.07, 6.45) is 3.48. The molecular weight excluding hydrogens is 243 g/mol. The number of hydrogen-bond acceptors (Lipinski definition) is 3. The molecule has 1 N–H and O–H groups in total. The molecule has 3 nitrogen and oxygen atoms in total. The molecule has 96 valence electrons. The number of furan rings is 1. The number of rotatable bonds is 3. The number of nitrogens with one attached hydrogen (secondary N) is 1. The number of halogens is 1. The van der Waals surface area contributed by atoms with E-state index in [1.54, 1.807) is 18.5 Å². The van der Waals surface area contributed by atoms with Gasteiger partial charge in [-0.15, -0.1) is 0 Å². The van der Waals surface area contributed by atoms with Crippen LogP contribution in [0.1, 0.15) is 17.4 Å². The van der Waals surface area contributed by atoms with Crippen LogP contribution < -0.4 is 5.32 Å². The molecule has 0 aliphatic carbocycles. The van der Waals surface area contributed by atoms with Gasteiger partial charge in [-0.1, -0.05) is 0 Å². The SMILES string of the molecule is CNC(c1ccncc1)c1cc2cc(F)ccc2o1. The molecule has 0 radical (unpaired) electrons. The fraction of sp³-hybridized carbons (Fsp3) is 0.133. The number of aromatic nitrogens is 1. The van der Waals surface area contributed by atoms with Crippen LogP contribution in [0.15, 0.2) is 53.2 Å². The molecule has 3 rings (SSSR count). The van der Waals surface area contributed by atoms with Gasteiger partial charge in [0.1, 0.15) is 17.2 Å². The normalized spacial score (nSPS) is 12.7. The van der Waals surface area contributed by atoms with Gasteiger partial charge in [0.25, 0.3) is 0 Å². The molecule has 0 spiro atoms. The van der Waals surface area contributed by atoms with Crippen LogP contribution >= 0.6 is 0 Å². The highest BCUT2D eigenvalue weighted by molar-refractivity contribution is 5.78. The second-order valence-corrected chi connectivity index (χ2v) is 4.33. The summed E-state index contributed by atoms with van der Waals surface area (Å²) < 4.78 is 19.0. The van der Waals surface area contributed by atoms with Crippen molar-refractivity contribution in [3.05, 3.63) is 65.9 Å². The molecule has 0 aliphatic rings. The van der Waals surface area contributed by atoms with E-state index in [4.69, 9.17) is 4.42 Å². The lowest BCUT2D eigenvalue weighted by molar-refractivity contribution is 0.491. The van der Waals surface area contributed by atoms with Gasteiger partial charge in [0.05, 0.1) is 6.04 Å². The number of fused-ring (bicyclic) bond motifs is 1. The standard InChI is InChI=1S/C15H13FN2O/c1-17-15(10-4-6-18-7-5-10)14-9-11-8-12(16)2-3-13(11)19-14/h2-9,15,17H,1H3. The minimum atomic E-state index is -0.259. The van der Waals surface area contributed by atoms with E-state index < -0.39 is 0 Å². The van der Waals surface area contributed by atoms with Crippen LogP contribution in [0.2, 0.25) is 0 Å². The van der Waals surface area contributed by atoms with Gasteiger partial charge in [-0.05, 0) is 49.0 Å².